The highest BCUT2D eigenvalue weighted by molar-refractivity contribution is 5.96. The molecule has 2 aliphatic rings. The maximum Gasteiger partial charge on any atom is 0.346 e. The van der Waals surface area contributed by atoms with E-state index in [-0.39, 0.29) is 11.0 Å². The van der Waals surface area contributed by atoms with Crippen molar-refractivity contribution in [1.29, 1.82) is 5.26 Å². The number of carbonyl (C=O) groups is 1. The van der Waals surface area contributed by atoms with Crippen molar-refractivity contribution in [2.75, 3.05) is 18.0 Å². The average Bonchev–Trinajstić information content (AvgIpc) is 3.13. The Morgan fingerprint density at radius 3 is 2.21 bits per heavy atom. The maximum atomic E-state index is 11.4. The first kappa shape index (κ1) is 24.1. The minimum atomic E-state index is -1.18. The molecule has 2 aromatic rings. The molecule has 1 saturated heterocycles. The number of carboxylic acids is 1. The summed E-state index contributed by atoms with van der Waals surface area (Å²) in [7, 11) is 0. The van der Waals surface area contributed by atoms with Gasteiger partial charge in [-0.1, -0.05) is 63.8 Å². The summed E-state index contributed by atoms with van der Waals surface area (Å²) in [4.78, 5) is 14.0. The molecule has 0 atom stereocenters. The Labute approximate surface area is 203 Å². The van der Waals surface area contributed by atoms with Crippen molar-refractivity contribution >= 4 is 17.7 Å². The fourth-order valence-corrected chi connectivity index (χ4v) is 5.87. The molecule has 0 unspecified atom stereocenters. The molecule has 1 heterocycles. The number of rotatable bonds is 9. The lowest BCUT2D eigenvalue weighted by Gasteiger charge is -2.34. The largest absolute Gasteiger partial charge is 0.477 e. The van der Waals surface area contributed by atoms with Crippen LogP contribution in [0, 0.1) is 11.3 Å². The van der Waals surface area contributed by atoms with Crippen LogP contribution in [0.3, 0.4) is 0 Å². The van der Waals surface area contributed by atoms with Gasteiger partial charge in [-0.05, 0) is 78.1 Å². The third-order valence-electron chi connectivity index (χ3n) is 7.67. The highest BCUT2D eigenvalue weighted by Gasteiger charge is 2.42. The number of fused-ring (bicyclic) bond motifs is 3. The third kappa shape index (κ3) is 4.49. The third-order valence-corrected chi connectivity index (χ3v) is 7.67. The molecule has 4 nitrogen and oxygen atoms in total. The topological polar surface area (TPSA) is 64.3 Å². The van der Waals surface area contributed by atoms with Gasteiger partial charge in [-0.25, -0.2) is 4.79 Å². The summed E-state index contributed by atoms with van der Waals surface area (Å²) in [6.45, 7) is 6.76. The van der Waals surface area contributed by atoms with Crippen LogP contribution in [-0.4, -0.2) is 24.2 Å². The number of anilines is 1. The Bertz CT molecular complexity index is 1110. The Balaban J connectivity index is 1.87. The van der Waals surface area contributed by atoms with Crippen molar-refractivity contribution in [2.24, 2.45) is 0 Å². The van der Waals surface area contributed by atoms with Crippen molar-refractivity contribution < 1.29 is 9.90 Å². The molecule has 1 aliphatic carbocycles. The van der Waals surface area contributed by atoms with Gasteiger partial charge in [0.15, 0.2) is 0 Å². The number of piperidine rings is 1. The van der Waals surface area contributed by atoms with Crippen molar-refractivity contribution in [2.45, 2.75) is 77.0 Å². The minimum absolute atomic E-state index is 0.0671. The average molecular weight is 457 g/mol. The summed E-state index contributed by atoms with van der Waals surface area (Å²) in [6, 6.07) is 15.1. The van der Waals surface area contributed by atoms with Crippen LogP contribution in [0.2, 0.25) is 0 Å². The second-order valence-corrected chi connectivity index (χ2v) is 9.85. The number of hydrogen-bond acceptors (Lipinski definition) is 3. The zero-order valence-electron chi connectivity index (χ0n) is 20.6. The van der Waals surface area contributed by atoms with E-state index >= 15 is 0 Å². The molecule has 2 aromatic carbocycles. The van der Waals surface area contributed by atoms with E-state index in [1.165, 1.54) is 53.3 Å². The molecule has 0 radical (unpaired) electrons. The molecule has 0 spiro atoms. The number of carboxylic acid groups (broad SMARTS) is 1. The van der Waals surface area contributed by atoms with Gasteiger partial charge < -0.3 is 10.0 Å². The van der Waals surface area contributed by atoms with Crippen molar-refractivity contribution in [3.05, 3.63) is 58.7 Å². The second kappa shape index (κ2) is 10.5. The fraction of sp³-hybridized carbons (Fsp3) is 0.467. The Hall–Kier alpha value is -3.06. The van der Waals surface area contributed by atoms with E-state index in [2.05, 4.69) is 49.1 Å². The zero-order chi connectivity index (χ0) is 24.1. The first-order valence-electron chi connectivity index (χ1n) is 12.9. The van der Waals surface area contributed by atoms with E-state index in [0.29, 0.717) is 0 Å². The summed E-state index contributed by atoms with van der Waals surface area (Å²) in [5.41, 5.74) is 7.15. The van der Waals surface area contributed by atoms with Crippen LogP contribution in [0.4, 0.5) is 5.69 Å². The molecule has 0 bridgehead atoms. The van der Waals surface area contributed by atoms with Crippen LogP contribution >= 0.6 is 0 Å². The van der Waals surface area contributed by atoms with E-state index in [4.69, 9.17) is 0 Å². The Kier molecular flexibility index (Phi) is 7.41. The van der Waals surface area contributed by atoms with Gasteiger partial charge in [-0.15, -0.1) is 0 Å². The van der Waals surface area contributed by atoms with E-state index in [0.717, 1.165) is 57.2 Å². The highest BCUT2D eigenvalue weighted by atomic mass is 16.4. The van der Waals surface area contributed by atoms with Gasteiger partial charge in [-0.2, -0.15) is 5.26 Å². The number of hydrogen-bond donors (Lipinski definition) is 1. The molecular weight excluding hydrogens is 420 g/mol. The normalized spacial score (nSPS) is 16.6. The maximum absolute atomic E-state index is 11.4. The summed E-state index contributed by atoms with van der Waals surface area (Å²) in [6.07, 6.45) is 12.1. The van der Waals surface area contributed by atoms with E-state index < -0.39 is 5.97 Å². The number of nitrogens with zero attached hydrogens (tertiary/aromatic N) is 2. The number of aliphatic carboxylic acids is 1. The molecule has 1 aliphatic heterocycles. The van der Waals surface area contributed by atoms with Gasteiger partial charge in [0.2, 0.25) is 0 Å². The smallest absolute Gasteiger partial charge is 0.346 e. The van der Waals surface area contributed by atoms with Gasteiger partial charge in [0.1, 0.15) is 11.6 Å². The summed E-state index contributed by atoms with van der Waals surface area (Å²) in [5, 5.41) is 18.6. The van der Waals surface area contributed by atoms with Gasteiger partial charge in [0, 0.05) is 24.2 Å². The lowest BCUT2D eigenvalue weighted by molar-refractivity contribution is -0.132. The first-order chi connectivity index (χ1) is 16.5. The molecule has 4 heteroatoms. The molecule has 1 N–H and O–H groups in total. The van der Waals surface area contributed by atoms with Crippen molar-refractivity contribution in [3.8, 4) is 17.2 Å². The molecule has 1 fully saturated rings. The molecule has 0 saturated carbocycles. The van der Waals surface area contributed by atoms with Crippen LogP contribution in [0.1, 0.15) is 88.3 Å². The molecule has 4 rings (SSSR count). The lowest BCUT2D eigenvalue weighted by Crippen LogP contribution is -2.30. The fourth-order valence-electron chi connectivity index (χ4n) is 5.87. The van der Waals surface area contributed by atoms with Crippen LogP contribution < -0.4 is 4.90 Å². The highest BCUT2D eigenvalue weighted by Crippen LogP contribution is 2.55. The lowest BCUT2D eigenvalue weighted by atomic mass is 9.70. The van der Waals surface area contributed by atoms with Crippen LogP contribution in [0.5, 0.6) is 0 Å². The predicted octanol–water partition coefficient (Wildman–Crippen LogP) is 7.32. The summed E-state index contributed by atoms with van der Waals surface area (Å²) in [5.74, 6) is -1.18. The van der Waals surface area contributed by atoms with Crippen LogP contribution in [-0.2, 0) is 10.2 Å². The zero-order valence-corrected chi connectivity index (χ0v) is 20.6. The monoisotopic (exact) mass is 456 g/mol. The minimum Gasteiger partial charge on any atom is -0.477 e. The number of unbranched alkanes of at least 4 members (excludes halogenated alkanes) is 2. The SMILES string of the molecule is CCCCC1(CCCC)c2cc(/C=C(\C#N)C(=O)O)ccc2-c2ccc(N3CCCCC3)cc21. The Morgan fingerprint density at radius 2 is 1.62 bits per heavy atom. The van der Waals surface area contributed by atoms with E-state index in [1.54, 1.807) is 0 Å². The number of benzene rings is 2. The molecule has 34 heavy (non-hydrogen) atoms. The predicted molar refractivity (Wildman–Crippen MR) is 139 cm³/mol. The van der Waals surface area contributed by atoms with Crippen molar-refractivity contribution in [3.63, 3.8) is 0 Å². The standard InChI is InChI=1S/C30H36N2O2/c1-3-5-14-30(15-6-4-2)27-19-22(18-23(21-31)29(33)34)10-12-25(27)26-13-11-24(20-28(26)30)32-16-8-7-9-17-32/h10-13,18-20H,3-9,14-17H2,1-2H3,(H,33,34)/b23-18+. The van der Waals surface area contributed by atoms with Crippen LogP contribution in [0.25, 0.3) is 17.2 Å². The van der Waals surface area contributed by atoms with Gasteiger partial charge in [0.05, 0.1) is 0 Å². The van der Waals surface area contributed by atoms with E-state index in [9.17, 15) is 15.2 Å². The quantitative estimate of drug-likeness (QED) is 0.317. The van der Waals surface area contributed by atoms with Gasteiger partial charge in [0.25, 0.3) is 0 Å². The van der Waals surface area contributed by atoms with Crippen molar-refractivity contribution in [1.82, 2.24) is 0 Å². The molecular formula is C30H36N2O2. The molecule has 0 amide bonds. The number of nitriles is 1. The summed E-state index contributed by atoms with van der Waals surface area (Å²) < 4.78 is 0. The molecule has 0 aromatic heterocycles. The molecule has 178 valence electrons. The Morgan fingerprint density at radius 1 is 1.00 bits per heavy atom. The van der Waals surface area contributed by atoms with Gasteiger partial charge >= 0.3 is 5.97 Å². The van der Waals surface area contributed by atoms with Crippen LogP contribution in [0.15, 0.2) is 42.0 Å². The van der Waals surface area contributed by atoms with E-state index in [1.807, 2.05) is 12.1 Å². The summed E-state index contributed by atoms with van der Waals surface area (Å²) >= 11 is 0. The first-order valence-corrected chi connectivity index (χ1v) is 12.9. The van der Waals surface area contributed by atoms with Gasteiger partial charge in [-0.3, -0.25) is 0 Å². The second-order valence-electron chi connectivity index (χ2n) is 9.85.